The molecule has 0 unspecified atom stereocenters. The van der Waals surface area contributed by atoms with E-state index in [2.05, 4.69) is 20.6 Å². The molecule has 0 saturated carbocycles. The van der Waals surface area contributed by atoms with Crippen molar-refractivity contribution in [2.75, 3.05) is 18.4 Å². The maximum absolute atomic E-state index is 12.8. The number of fused-ring (bicyclic) bond motifs is 1. The van der Waals surface area contributed by atoms with Gasteiger partial charge in [0.2, 0.25) is 5.91 Å². The fourth-order valence-electron chi connectivity index (χ4n) is 4.17. The Labute approximate surface area is 204 Å². The minimum absolute atomic E-state index is 0.109. The Bertz CT molecular complexity index is 1320. The van der Waals surface area contributed by atoms with Crippen LogP contribution >= 0.6 is 0 Å². The highest BCUT2D eigenvalue weighted by Crippen LogP contribution is 2.35. The van der Waals surface area contributed by atoms with Crippen LogP contribution in [0.4, 0.5) is 5.82 Å². The first-order valence-electron chi connectivity index (χ1n) is 12.0. The molecule has 0 spiro atoms. The number of para-hydroxylation sites is 1. The highest BCUT2D eigenvalue weighted by atomic mass is 16.5. The predicted molar refractivity (Wildman–Crippen MR) is 137 cm³/mol. The molecular formula is C27H30N6O2. The van der Waals surface area contributed by atoms with Crippen LogP contribution in [0.2, 0.25) is 0 Å². The van der Waals surface area contributed by atoms with Crippen LogP contribution < -0.4 is 15.4 Å². The van der Waals surface area contributed by atoms with Crippen molar-refractivity contribution in [2.24, 2.45) is 5.41 Å². The topological polar surface area (TPSA) is 94.0 Å². The number of benzene rings is 2. The molecule has 1 saturated heterocycles. The Kier molecular flexibility index (Phi) is 6.21. The third-order valence-electron chi connectivity index (χ3n) is 6.13. The van der Waals surface area contributed by atoms with Gasteiger partial charge in [0, 0.05) is 17.5 Å². The van der Waals surface area contributed by atoms with Crippen LogP contribution in [0, 0.1) is 5.41 Å². The SMILES string of the molecule is CC(C)(C)C(=O)Nc1ncnc2c1c(-c1ccc(Oc3ccccc3)cc1)nn2[C@@H]1CCCNC1. The molecule has 3 heterocycles. The molecule has 1 aliphatic heterocycles. The molecular weight excluding hydrogens is 440 g/mol. The Balaban J connectivity index is 1.57. The molecule has 1 atom stereocenters. The second-order valence-electron chi connectivity index (χ2n) is 9.86. The molecule has 1 fully saturated rings. The van der Waals surface area contributed by atoms with E-state index in [0.717, 1.165) is 59.7 Å². The molecule has 5 rings (SSSR count). The lowest BCUT2D eigenvalue weighted by atomic mass is 9.95. The van der Waals surface area contributed by atoms with Gasteiger partial charge >= 0.3 is 0 Å². The van der Waals surface area contributed by atoms with Crippen molar-refractivity contribution < 1.29 is 9.53 Å². The average molecular weight is 471 g/mol. The first-order chi connectivity index (χ1) is 16.9. The summed E-state index contributed by atoms with van der Waals surface area (Å²) in [5.41, 5.74) is 1.80. The van der Waals surface area contributed by atoms with Gasteiger partial charge < -0.3 is 15.4 Å². The molecule has 2 N–H and O–H groups in total. The molecule has 8 heteroatoms. The fraction of sp³-hybridized carbons (Fsp3) is 0.333. The summed E-state index contributed by atoms with van der Waals surface area (Å²) >= 11 is 0. The number of nitrogens with zero attached hydrogens (tertiary/aromatic N) is 4. The summed E-state index contributed by atoms with van der Waals surface area (Å²) in [6, 6.07) is 17.7. The lowest BCUT2D eigenvalue weighted by Crippen LogP contribution is -2.32. The number of hydrogen-bond donors (Lipinski definition) is 2. The number of ether oxygens (including phenoxy) is 1. The zero-order chi connectivity index (χ0) is 24.4. The summed E-state index contributed by atoms with van der Waals surface area (Å²) in [4.78, 5) is 21.9. The summed E-state index contributed by atoms with van der Waals surface area (Å²) in [6.45, 7) is 7.47. The zero-order valence-corrected chi connectivity index (χ0v) is 20.3. The van der Waals surface area contributed by atoms with Crippen molar-refractivity contribution in [2.45, 2.75) is 39.7 Å². The monoisotopic (exact) mass is 470 g/mol. The molecule has 0 radical (unpaired) electrons. The Morgan fingerprint density at radius 1 is 1.06 bits per heavy atom. The van der Waals surface area contributed by atoms with Gasteiger partial charge in [0.05, 0.1) is 11.4 Å². The number of nitrogens with one attached hydrogen (secondary N) is 2. The summed E-state index contributed by atoms with van der Waals surface area (Å²) in [6.07, 6.45) is 3.59. The first-order valence-corrected chi connectivity index (χ1v) is 12.0. The van der Waals surface area contributed by atoms with E-state index in [0.29, 0.717) is 5.82 Å². The number of carbonyl (C=O) groups excluding carboxylic acids is 1. The van der Waals surface area contributed by atoms with E-state index in [4.69, 9.17) is 9.84 Å². The third-order valence-corrected chi connectivity index (χ3v) is 6.13. The van der Waals surface area contributed by atoms with Crippen molar-refractivity contribution in [3.8, 4) is 22.8 Å². The highest BCUT2D eigenvalue weighted by molar-refractivity contribution is 6.05. The van der Waals surface area contributed by atoms with Gasteiger partial charge in [-0.1, -0.05) is 39.0 Å². The molecule has 0 bridgehead atoms. The largest absolute Gasteiger partial charge is 0.457 e. The minimum Gasteiger partial charge on any atom is -0.457 e. The van der Waals surface area contributed by atoms with Crippen LogP contribution in [0.5, 0.6) is 11.5 Å². The average Bonchev–Trinajstić information content (AvgIpc) is 3.26. The zero-order valence-electron chi connectivity index (χ0n) is 20.3. The van der Waals surface area contributed by atoms with Crippen LogP contribution in [-0.4, -0.2) is 38.7 Å². The van der Waals surface area contributed by atoms with Crippen LogP contribution in [0.1, 0.15) is 39.7 Å². The molecule has 2 aromatic carbocycles. The number of rotatable bonds is 5. The lowest BCUT2D eigenvalue weighted by Gasteiger charge is -2.23. The Morgan fingerprint density at radius 3 is 2.49 bits per heavy atom. The van der Waals surface area contributed by atoms with E-state index in [1.165, 1.54) is 6.33 Å². The summed E-state index contributed by atoms with van der Waals surface area (Å²) < 4.78 is 7.94. The molecule has 2 aromatic heterocycles. The second-order valence-corrected chi connectivity index (χ2v) is 9.86. The number of amides is 1. The van der Waals surface area contributed by atoms with Gasteiger partial charge in [-0.15, -0.1) is 0 Å². The van der Waals surface area contributed by atoms with Crippen LogP contribution in [-0.2, 0) is 4.79 Å². The van der Waals surface area contributed by atoms with E-state index in [-0.39, 0.29) is 11.9 Å². The van der Waals surface area contributed by atoms with E-state index in [1.807, 2.05) is 80.1 Å². The number of aromatic nitrogens is 4. The van der Waals surface area contributed by atoms with Crippen molar-refractivity contribution in [3.63, 3.8) is 0 Å². The standard InChI is InChI=1S/C27H30N6O2/c1-27(2,3)26(34)31-24-22-23(18-11-13-21(14-12-18)35-20-9-5-4-6-10-20)32-33(25(22)30-17-29-24)19-8-7-15-28-16-19/h4-6,9-14,17,19,28H,7-8,15-16H2,1-3H3,(H,29,30,31,34)/t19-/m1/s1. The second kappa shape index (κ2) is 9.46. The number of anilines is 1. The number of piperidine rings is 1. The van der Waals surface area contributed by atoms with E-state index in [9.17, 15) is 4.79 Å². The maximum atomic E-state index is 12.8. The van der Waals surface area contributed by atoms with Gasteiger partial charge in [0.15, 0.2) is 5.65 Å². The molecule has 35 heavy (non-hydrogen) atoms. The smallest absolute Gasteiger partial charge is 0.230 e. The normalized spacial score (nSPS) is 16.3. The van der Waals surface area contributed by atoms with Crippen molar-refractivity contribution in [3.05, 3.63) is 60.9 Å². The van der Waals surface area contributed by atoms with E-state index in [1.54, 1.807) is 0 Å². The molecule has 0 aliphatic carbocycles. The quantitative estimate of drug-likeness (QED) is 0.417. The summed E-state index contributed by atoms with van der Waals surface area (Å²) in [5, 5.41) is 12.2. The maximum Gasteiger partial charge on any atom is 0.230 e. The summed E-state index contributed by atoms with van der Waals surface area (Å²) in [5.74, 6) is 1.88. The third kappa shape index (κ3) is 4.88. The predicted octanol–water partition coefficient (Wildman–Crippen LogP) is 5.19. The van der Waals surface area contributed by atoms with Crippen LogP contribution in [0.3, 0.4) is 0 Å². The van der Waals surface area contributed by atoms with Crippen molar-refractivity contribution in [1.29, 1.82) is 0 Å². The molecule has 8 nitrogen and oxygen atoms in total. The van der Waals surface area contributed by atoms with Gasteiger partial charge in [-0.05, 0) is 55.8 Å². The fourth-order valence-corrected chi connectivity index (χ4v) is 4.17. The Morgan fingerprint density at radius 2 is 1.80 bits per heavy atom. The van der Waals surface area contributed by atoms with E-state index < -0.39 is 5.41 Å². The molecule has 1 amide bonds. The lowest BCUT2D eigenvalue weighted by molar-refractivity contribution is -0.123. The van der Waals surface area contributed by atoms with Crippen LogP contribution in [0.15, 0.2) is 60.9 Å². The van der Waals surface area contributed by atoms with Crippen molar-refractivity contribution >= 4 is 22.8 Å². The number of carbonyl (C=O) groups is 1. The number of hydrogen-bond acceptors (Lipinski definition) is 6. The first kappa shape index (κ1) is 23.0. The van der Waals surface area contributed by atoms with Gasteiger partial charge in [-0.25, -0.2) is 14.6 Å². The van der Waals surface area contributed by atoms with E-state index >= 15 is 0 Å². The molecule has 180 valence electrons. The van der Waals surface area contributed by atoms with Crippen molar-refractivity contribution in [1.82, 2.24) is 25.1 Å². The molecule has 1 aliphatic rings. The Hall–Kier alpha value is -3.78. The molecule has 4 aromatic rings. The van der Waals surface area contributed by atoms with Gasteiger partial charge in [0.25, 0.3) is 0 Å². The van der Waals surface area contributed by atoms with Gasteiger partial charge in [-0.3, -0.25) is 4.79 Å². The van der Waals surface area contributed by atoms with Gasteiger partial charge in [-0.2, -0.15) is 5.10 Å². The van der Waals surface area contributed by atoms with Crippen LogP contribution in [0.25, 0.3) is 22.3 Å². The summed E-state index contributed by atoms with van der Waals surface area (Å²) in [7, 11) is 0. The minimum atomic E-state index is -0.558. The van der Waals surface area contributed by atoms with Gasteiger partial charge in [0.1, 0.15) is 29.3 Å². The highest BCUT2D eigenvalue weighted by Gasteiger charge is 2.27.